The number of aromatic nitrogens is 2. The van der Waals surface area contributed by atoms with Crippen molar-refractivity contribution >= 4 is 5.91 Å². The van der Waals surface area contributed by atoms with Gasteiger partial charge in [0.1, 0.15) is 0 Å². The smallest absolute Gasteiger partial charge is 0.225 e. The van der Waals surface area contributed by atoms with Crippen LogP contribution in [0.4, 0.5) is 0 Å². The molecule has 1 atom stereocenters. The molecule has 5 heteroatoms. The first-order valence-corrected chi connectivity index (χ1v) is 7.46. The topological polar surface area (TPSA) is 59.0 Å². The van der Waals surface area contributed by atoms with Crippen molar-refractivity contribution in [2.24, 2.45) is 18.4 Å². The van der Waals surface area contributed by atoms with Crippen molar-refractivity contribution in [2.45, 2.75) is 33.1 Å². The third kappa shape index (κ3) is 3.60. The molecule has 0 aliphatic carbocycles. The molecule has 2 N–H and O–H groups in total. The number of nitrogens with one attached hydrogen (secondary N) is 2. The summed E-state index contributed by atoms with van der Waals surface area (Å²) in [6, 6.07) is 0. The summed E-state index contributed by atoms with van der Waals surface area (Å²) in [5.41, 5.74) is 0.854. The van der Waals surface area contributed by atoms with Crippen LogP contribution in [0.25, 0.3) is 0 Å². The van der Waals surface area contributed by atoms with Crippen molar-refractivity contribution in [1.82, 2.24) is 20.4 Å². The summed E-state index contributed by atoms with van der Waals surface area (Å²) < 4.78 is 1.79. The highest BCUT2D eigenvalue weighted by molar-refractivity contribution is 5.82. The van der Waals surface area contributed by atoms with E-state index in [2.05, 4.69) is 29.6 Å². The summed E-state index contributed by atoms with van der Waals surface area (Å²) in [5, 5.41) is 10.6. The van der Waals surface area contributed by atoms with Gasteiger partial charge in [-0.05, 0) is 43.8 Å². The van der Waals surface area contributed by atoms with Gasteiger partial charge in [0.15, 0.2) is 0 Å². The third-order valence-electron chi connectivity index (χ3n) is 4.36. The number of amides is 1. The molecule has 1 unspecified atom stereocenters. The fourth-order valence-electron chi connectivity index (χ4n) is 2.80. The van der Waals surface area contributed by atoms with Crippen molar-refractivity contribution < 1.29 is 4.79 Å². The van der Waals surface area contributed by atoms with Crippen LogP contribution >= 0.6 is 0 Å². The second-order valence-corrected chi connectivity index (χ2v) is 6.29. The second kappa shape index (κ2) is 6.39. The van der Waals surface area contributed by atoms with E-state index in [1.165, 1.54) is 0 Å². The molecule has 1 saturated heterocycles. The Morgan fingerprint density at radius 2 is 2.40 bits per heavy atom. The number of carbonyl (C=O) groups is 1. The van der Waals surface area contributed by atoms with E-state index in [-0.39, 0.29) is 11.3 Å². The average Bonchev–Trinajstić information content (AvgIpc) is 2.85. The standard InChI is InChI=1S/C15H26N4O/c1-15(2,13-5-4-7-16-10-13)14(20)17-8-6-12-9-18-19(3)11-12/h9,11,13,16H,4-8,10H2,1-3H3,(H,17,20). The van der Waals surface area contributed by atoms with Crippen molar-refractivity contribution in [1.29, 1.82) is 0 Å². The molecule has 0 bridgehead atoms. The van der Waals surface area contributed by atoms with Crippen LogP contribution in [0.15, 0.2) is 12.4 Å². The van der Waals surface area contributed by atoms with E-state index in [0.29, 0.717) is 12.5 Å². The van der Waals surface area contributed by atoms with E-state index < -0.39 is 0 Å². The molecule has 2 rings (SSSR count). The van der Waals surface area contributed by atoms with Crippen molar-refractivity contribution in [2.75, 3.05) is 19.6 Å². The number of nitrogens with zero attached hydrogens (tertiary/aromatic N) is 2. The molecule has 1 aliphatic heterocycles. The molecule has 1 aromatic heterocycles. The van der Waals surface area contributed by atoms with Crippen LogP contribution in [0, 0.1) is 11.3 Å². The molecule has 5 nitrogen and oxygen atoms in total. The zero-order valence-electron chi connectivity index (χ0n) is 12.8. The van der Waals surface area contributed by atoms with Crippen molar-refractivity contribution in [3.63, 3.8) is 0 Å². The minimum atomic E-state index is -0.303. The maximum absolute atomic E-state index is 12.4. The maximum Gasteiger partial charge on any atom is 0.225 e. The lowest BCUT2D eigenvalue weighted by molar-refractivity contribution is -0.132. The van der Waals surface area contributed by atoms with Gasteiger partial charge in [-0.2, -0.15) is 5.10 Å². The molecule has 1 aromatic rings. The molecule has 1 aliphatic rings. The molecule has 0 spiro atoms. The van der Waals surface area contributed by atoms with Gasteiger partial charge in [0.25, 0.3) is 0 Å². The fourth-order valence-corrected chi connectivity index (χ4v) is 2.80. The predicted octanol–water partition coefficient (Wildman–Crippen LogP) is 1.10. The quantitative estimate of drug-likeness (QED) is 0.848. The Kier molecular flexibility index (Phi) is 4.81. The summed E-state index contributed by atoms with van der Waals surface area (Å²) in [5.74, 6) is 0.588. The van der Waals surface area contributed by atoms with Crippen LogP contribution in [-0.2, 0) is 18.3 Å². The molecule has 1 fully saturated rings. The van der Waals surface area contributed by atoms with Crippen LogP contribution in [-0.4, -0.2) is 35.3 Å². The fraction of sp³-hybridized carbons (Fsp3) is 0.733. The SMILES string of the molecule is Cn1cc(CCNC(=O)C(C)(C)C2CCCNC2)cn1. The molecule has 20 heavy (non-hydrogen) atoms. The Balaban J connectivity index is 1.80. The van der Waals surface area contributed by atoms with E-state index in [1.807, 2.05) is 19.4 Å². The maximum atomic E-state index is 12.4. The highest BCUT2D eigenvalue weighted by Crippen LogP contribution is 2.31. The first-order chi connectivity index (χ1) is 9.50. The van der Waals surface area contributed by atoms with Gasteiger partial charge in [-0.3, -0.25) is 9.48 Å². The Morgan fingerprint density at radius 3 is 3.00 bits per heavy atom. The van der Waals surface area contributed by atoms with Crippen LogP contribution < -0.4 is 10.6 Å². The molecule has 0 aromatic carbocycles. The number of hydrogen-bond acceptors (Lipinski definition) is 3. The molecule has 1 amide bonds. The number of rotatable bonds is 5. The molecule has 0 saturated carbocycles. The number of piperidine rings is 1. The monoisotopic (exact) mass is 278 g/mol. The summed E-state index contributed by atoms with van der Waals surface area (Å²) in [6.07, 6.45) is 6.97. The second-order valence-electron chi connectivity index (χ2n) is 6.29. The van der Waals surface area contributed by atoms with Gasteiger partial charge in [0, 0.05) is 25.2 Å². The van der Waals surface area contributed by atoms with Crippen LogP contribution in [0.2, 0.25) is 0 Å². The van der Waals surface area contributed by atoms with Gasteiger partial charge in [-0.1, -0.05) is 13.8 Å². The Morgan fingerprint density at radius 1 is 1.60 bits per heavy atom. The summed E-state index contributed by atoms with van der Waals surface area (Å²) >= 11 is 0. The highest BCUT2D eigenvalue weighted by atomic mass is 16.2. The number of hydrogen-bond donors (Lipinski definition) is 2. The zero-order valence-corrected chi connectivity index (χ0v) is 12.8. The Labute approximate surface area is 121 Å². The molecular formula is C15H26N4O. The van der Waals surface area contributed by atoms with Crippen molar-refractivity contribution in [3.05, 3.63) is 18.0 Å². The third-order valence-corrected chi connectivity index (χ3v) is 4.36. The summed E-state index contributed by atoms with van der Waals surface area (Å²) in [4.78, 5) is 12.4. The van der Waals surface area contributed by atoms with E-state index in [1.54, 1.807) is 4.68 Å². The molecular weight excluding hydrogens is 252 g/mol. The van der Waals surface area contributed by atoms with Crippen LogP contribution in [0.1, 0.15) is 32.3 Å². The summed E-state index contributed by atoms with van der Waals surface area (Å²) in [7, 11) is 1.90. The lowest BCUT2D eigenvalue weighted by Crippen LogP contribution is -2.47. The van der Waals surface area contributed by atoms with Crippen LogP contribution in [0.5, 0.6) is 0 Å². The number of aryl methyl sites for hydroxylation is 1. The highest BCUT2D eigenvalue weighted by Gasteiger charge is 2.36. The lowest BCUT2D eigenvalue weighted by Gasteiger charge is -2.36. The van der Waals surface area contributed by atoms with Crippen molar-refractivity contribution in [3.8, 4) is 0 Å². The van der Waals surface area contributed by atoms with Gasteiger partial charge in [-0.15, -0.1) is 0 Å². The van der Waals surface area contributed by atoms with Gasteiger partial charge in [0.2, 0.25) is 5.91 Å². The molecule has 112 valence electrons. The average molecular weight is 278 g/mol. The predicted molar refractivity (Wildman–Crippen MR) is 79.3 cm³/mol. The van der Waals surface area contributed by atoms with Gasteiger partial charge in [0.05, 0.1) is 6.20 Å². The first-order valence-electron chi connectivity index (χ1n) is 7.46. The Bertz CT molecular complexity index is 446. The first kappa shape index (κ1) is 15.0. The van der Waals surface area contributed by atoms with E-state index in [4.69, 9.17) is 0 Å². The zero-order chi connectivity index (χ0) is 14.6. The molecule has 2 heterocycles. The summed E-state index contributed by atoms with van der Waals surface area (Å²) in [6.45, 7) is 6.82. The van der Waals surface area contributed by atoms with E-state index in [9.17, 15) is 4.79 Å². The van der Waals surface area contributed by atoms with E-state index >= 15 is 0 Å². The largest absolute Gasteiger partial charge is 0.355 e. The molecule has 0 radical (unpaired) electrons. The Hall–Kier alpha value is -1.36. The minimum absolute atomic E-state index is 0.162. The number of carbonyl (C=O) groups excluding carboxylic acids is 1. The normalized spacial score (nSPS) is 19.9. The van der Waals surface area contributed by atoms with Gasteiger partial charge < -0.3 is 10.6 Å². The van der Waals surface area contributed by atoms with E-state index in [0.717, 1.165) is 37.9 Å². The lowest BCUT2D eigenvalue weighted by atomic mass is 9.74. The van der Waals surface area contributed by atoms with Gasteiger partial charge in [-0.25, -0.2) is 0 Å². The van der Waals surface area contributed by atoms with Crippen LogP contribution in [0.3, 0.4) is 0 Å². The minimum Gasteiger partial charge on any atom is -0.355 e. The van der Waals surface area contributed by atoms with Gasteiger partial charge >= 0.3 is 0 Å².